The molecule has 0 saturated carbocycles. The number of rotatable bonds is 3. The van der Waals surface area contributed by atoms with Gasteiger partial charge in [-0.05, 0) is 31.4 Å². The zero-order chi connectivity index (χ0) is 14.0. The van der Waals surface area contributed by atoms with Gasteiger partial charge in [0.2, 0.25) is 0 Å². The van der Waals surface area contributed by atoms with E-state index in [0.29, 0.717) is 12.1 Å². The molecule has 0 amide bonds. The Balaban J connectivity index is 1.64. The SMILES string of the molecule is C[C@H](NC1CCOC2(CCOC2)C1)c1ccccc1Br. The average molecular weight is 340 g/mol. The van der Waals surface area contributed by atoms with Crippen molar-refractivity contribution < 1.29 is 9.47 Å². The Hall–Kier alpha value is -0.420. The van der Waals surface area contributed by atoms with Crippen LogP contribution in [0.1, 0.15) is 37.8 Å². The van der Waals surface area contributed by atoms with Crippen LogP contribution in [0.25, 0.3) is 0 Å². The molecule has 2 saturated heterocycles. The van der Waals surface area contributed by atoms with E-state index in [2.05, 4.69) is 52.4 Å². The standard InChI is InChI=1S/C16H22BrNO2/c1-12(14-4-2-3-5-15(14)17)18-13-6-8-20-16(10-13)7-9-19-11-16/h2-5,12-13,18H,6-11H2,1H3/t12-,13?,16?/m0/s1. The maximum Gasteiger partial charge on any atom is 0.0951 e. The lowest BCUT2D eigenvalue weighted by molar-refractivity contribution is -0.0902. The zero-order valence-corrected chi connectivity index (χ0v) is 13.5. The van der Waals surface area contributed by atoms with Crippen LogP contribution in [0, 0.1) is 0 Å². The Morgan fingerprint density at radius 3 is 2.95 bits per heavy atom. The molecule has 0 aliphatic carbocycles. The number of halogens is 1. The first kappa shape index (κ1) is 14.5. The van der Waals surface area contributed by atoms with E-state index in [1.165, 1.54) is 10.0 Å². The van der Waals surface area contributed by atoms with Gasteiger partial charge in [-0.3, -0.25) is 0 Å². The van der Waals surface area contributed by atoms with Crippen LogP contribution >= 0.6 is 15.9 Å². The number of ether oxygens (including phenoxy) is 2. The molecular formula is C16H22BrNO2. The van der Waals surface area contributed by atoms with Gasteiger partial charge in [-0.15, -0.1) is 0 Å². The minimum absolute atomic E-state index is 0.0242. The zero-order valence-electron chi connectivity index (χ0n) is 11.9. The molecular weight excluding hydrogens is 318 g/mol. The molecule has 0 radical (unpaired) electrons. The van der Waals surface area contributed by atoms with Crippen LogP contribution in [0.4, 0.5) is 0 Å². The topological polar surface area (TPSA) is 30.5 Å². The molecule has 2 unspecified atom stereocenters. The summed E-state index contributed by atoms with van der Waals surface area (Å²) >= 11 is 3.64. The third-order valence-electron chi connectivity index (χ3n) is 4.42. The highest BCUT2D eigenvalue weighted by Crippen LogP contribution is 2.34. The van der Waals surface area contributed by atoms with Crippen molar-refractivity contribution in [3.63, 3.8) is 0 Å². The van der Waals surface area contributed by atoms with Gasteiger partial charge >= 0.3 is 0 Å². The Morgan fingerprint density at radius 2 is 2.20 bits per heavy atom. The van der Waals surface area contributed by atoms with E-state index < -0.39 is 0 Å². The fourth-order valence-electron chi connectivity index (χ4n) is 3.30. The van der Waals surface area contributed by atoms with Crippen molar-refractivity contribution in [2.24, 2.45) is 0 Å². The summed E-state index contributed by atoms with van der Waals surface area (Å²) in [5.41, 5.74) is 1.29. The van der Waals surface area contributed by atoms with E-state index in [1.807, 2.05) is 0 Å². The molecule has 2 fully saturated rings. The number of hydrogen-bond donors (Lipinski definition) is 1. The van der Waals surface area contributed by atoms with Gasteiger partial charge in [0.25, 0.3) is 0 Å². The Bertz CT molecular complexity index is 460. The Labute approximate surface area is 129 Å². The second kappa shape index (κ2) is 6.14. The summed E-state index contributed by atoms with van der Waals surface area (Å²) in [6.07, 6.45) is 3.17. The van der Waals surface area contributed by atoms with E-state index in [9.17, 15) is 0 Å². The van der Waals surface area contributed by atoms with Crippen LogP contribution in [0.2, 0.25) is 0 Å². The Morgan fingerprint density at radius 1 is 1.35 bits per heavy atom. The summed E-state index contributed by atoms with van der Waals surface area (Å²) in [4.78, 5) is 0. The van der Waals surface area contributed by atoms with Gasteiger partial charge in [0, 0.05) is 36.2 Å². The molecule has 1 spiro atoms. The van der Waals surface area contributed by atoms with Crippen molar-refractivity contribution in [3.8, 4) is 0 Å². The minimum Gasteiger partial charge on any atom is -0.378 e. The molecule has 20 heavy (non-hydrogen) atoms. The van der Waals surface area contributed by atoms with Crippen molar-refractivity contribution in [2.45, 2.75) is 43.9 Å². The van der Waals surface area contributed by atoms with Crippen LogP contribution in [0.3, 0.4) is 0 Å². The number of hydrogen-bond acceptors (Lipinski definition) is 3. The van der Waals surface area contributed by atoms with Gasteiger partial charge in [0.15, 0.2) is 0 Å². The third-order valence-corrected chi connectivity index (χ3v) is 5.14. The molecule has 2 heterocycles. The van der Waals surface area contributed by atoms with Gasteiger partial charge in [-0.1, -0.05) is 34.1 Å². The predicted octanol–water partition coefficient (Wildman–Crippen LogP) is 3.44. The molecule has 1 aromatic carbocycles. The van der Waals surface area contributed by atoms with Crippen molar-refractivity contribution in [1.82, 2.24) is 5.32 Å². The second-order valence-electron chi connectivity index (χ2n) is 5.93. The quantitative estimate of drug-likeness (QED) is 0.914. The fourth-order valence-corrected chi connectivity index (χ4v) is 3.93. The fraction of sp³-hybridized carbons (Fsp3) is 0.625. The minimum atomic E-state index is -0.0242. The maximum atomic E-state index is 5.99. The lowest BCUT2D eigenvalue weighted by Crippen LogP contribution is -2.48. The summed E-state index contributed by atoms with van der Waals surface area (Å²) in [5.74, 6) is 0. The molecule has 3 nitrogen and oxygen atoms in total. The molecule has 1 N–H and O–H groups in total. The normalized spacial score (nSPS) is 31.6. The second-order valence-corrected chi connectivity index (χ2v) is 6.79. The number of benzene rings is 1. The molecule has 3 rings (SSSR count). The van der Waals surface area contributed by atoms with Crippen molar-refractivity contribution in [1.29, 1.82) is 0 Å². The highest BCUT2D eigenvalue weighted by Gasteiger charge is 2.41. The third kappa shape index (κ3) is 3.08. The first-order chi connectivity index (χ1) is 9.69. The summed E-state index contributed by atoms with van der Waals surface area (Å²) < 4.78 is 12.7. The van der Waals surface area contributed by atoms with Gasteiger partial charge in [-0.2, -0.15) is 0 Å². The predicted molar refractivity (Wildman–Crippen MR) is 82.8 cm³/mol. The van der Waals surface area contributed by atoms with Gasteiger partial charge in [0.1, 0.15) is 0 Å². The van der Waals surface area contributed by atoms with E-state index in [1.54, 1.807) is 0 Å². The molecule has 2 aliphatic heterocycles. The van der Waals surface area contributed by atoms with Crippen LogP contribution in [-0.2, 0) is 9.47 Å². The summed E-state index contributed by atoms with van der Waals surface area (Å²) in [7, 11) is 0. The average Bonchev–Trinajstić information content (AvgIpc) is 2.87. The summed E-state index contributed by atoms with van der Waals surface area (Å²) in [6, 6.07) is 9.27. The highest BCUT2D eigenvalue weighted by molar-refractivity contribution is 9.10. The van der Waals surface area contributed by atoms with Crippen LogP contribution in [0.5, 0.6) is 0 Å². The summed E-state index contributed by atoms with van der Waals surface area (Å²) in [6.45, 7) is 4.66. The van der Waals surface area contributed by atoms with Crippen molar-refractivity contribution in [2.75, 3.05) is 19.8 Å². The van der Waals surface area contributed by atoms with Crippen LogP contribution in [-0.4, -0.2) is 31.5 Å². The summed E-state index contributed by atoms with van der Waals surface area (Å²) in [5, 5.41) is 3.76. The molecule has 1 aromatic rings. The first-order valence-corrected chi connectivity index (χ1v) is 8.20. The largest absolute Gasteiger partial charge is 0.378 e. The molecule has 3 atom stereocenters. The smallest absolute Gasteiger partial charge is 0.0951 e. The van der Waals surface area contributed by atoms with E-state index in [4.69, 9.17) is 9.47 Å². The molecule has 110 valence electrons. The van der Waals surface area contributed by atoms with E-state index in [0.717, 1.165) is 39.1 Å². The lowest BCUT2D eigenvalue weighted by atomic mass is 9.89. The van der Waals surface area contributed by atoms with Crippen LogP contribution < -0.4 is 5.32 Å². The van der Waals surface area contributed by atoms with E-state index in [-0.39, 0.29) is 5.60 Å². The van der Waals surface area contributed by atoms with Gasteiger partial charge in [-0.25, -0.2) is 0 Å². The van der Waals surface area contributed by atoms with Gasteiger partial charge < -0.3 is 14.8 Å². The van der Waals surface area contributed by atoms with E-state index >= 15 is 0 Å². The molecule has 0 bridgehead atoms. The first-order valence-electron chi connectivity index (χ1n) is 7.41. The molecule has 4 heteroatoms. The lowest BCUT2D eigenvalue weighted by Gasteiger charge is -2.38. The van der Waals surface area contributed by atoms with Gasteiger partial charge in [0.05, 0.1) is 12.2 Å². The van der Waals surface area contributed by atoms with Crippen LogP contribution in [0.15, 0.2) is 28.7 Å². The van der Waals surface area contributed by atoms with Crippen molar-refractivity contribution in [3.05, 3.63) is 34.3 Å². The number of nitrogens with one attached hydrogen (secondary N) is 1. The molecule has 0 aromatic heterocycles. The monoisotopic (exact) mass is 339 g/mol. The Kier molecular flexibility index (Phi) is 4.46. The van der Waals surface area contributed by atoms with Crippen molar-refractivity contribution >= 4 is 15.9 Å². The maximum absolute atomic E-state index is 5.99. The highest BCUT2D eigenvalue weighted by atomic mass is 79.9. The molecule has 2 aliphatic rings.